The van der Waals surface area contributed by atoms with Gasteiger partial charge in [0.15, 0.2) is 0 Å². The SMILES string of the molecule is Cc1noc(C)c1CC(=O)N1CC2CNCC2C1C. The average molecular weight is 263 g/mol. The lowest BCUT2D eigenvalue weighted by molar-refractivity contribution is -0.131. The van der Waals surface area contributed by atoms with Crippen molar-refractivity contribution in [3.8, 4) is 0 Å². The Morgan fingerprint density at radius 2 is 2.26 bits per heavy atom. The fourth-order valence-electron chi connectivity index (χ4n) is 3.50. The second kappa shape index (κ2) is 4.63. The van der Waals surface area contributed by atoms with Gasteiger partial charge in [-0.1, -0.05) is 5.16 Å². The number of rotatable bonds is 2. The van der Waals surface area contributed by atoms with E-state index < -0.39 is 0 Å². The Hall–Kier alpha value is -1.36. The number of carbonyl (C=O) groups is 1. The molecule has 19 heavy (non-hydrogen) atoms. The zero-order valence-corrected chi connectivity index (χ0v) is 11.8. The maximum atomic E-state index is 12.5. The van der Waals surface area contributed by atoms with E-state index in [1.807, 2.05) is 18.7 Å². The number of fused-ring (bicyclic) bond motifs is 1. The predicted molar refractivity (Wildman–Crippen MR) is 70.7 cm³/mol. The van der Waals surface area contributed by atoms with Gasteiger partial charge in [-0.2, -0.15) is 0 Å². The molecule has 0 radical (unpaired) electrons. The van der Waals surface area contributed by atoms with Crippen molar-refractivity contribution < 1.29 is 9.32 Å². The van der Waals surface area contributed by atoms with Gasteiger partial charge < -0.3 is 14.7 Å². The molecule has 1 amide bonds. The maximum absolute atomic E-state index is 12.5. The van der Waals surface area contributed by atoms with Crippen molar-refractivity contribution in [1.29, 1.82) is 0 Å². The van der Waals surface area contributed by atoms with Crippen LogP contribution in [0.2, 0.25) is 0 Å². The first-order chi connectivity index (χ1) is 9.08. The highest BCUT2D eigenvalue weighted by Gasteiger charge is 2.43. The molecule has 3 atom stereocenters. The first kappa shape index (κ1) is 12.7. The highest BCUT2D eigenvalue weighted by atomic mass is 16.5. The summed E-state index contributed by atoms with van der Waals surface area (Å²) in [5.74, 6) is 2.22. The van der Waals surface area contributed by atoms with E-state index in [9.17, 15) is 4.79 Å². The molecule has 2 aliphatic rings. The summed E-state index contributed by atoms with van der Waals surface area (Å²) in [4.78, 5) is 14.5. The van der Waals surface area contributed by atoms with Gasteiger partial charge in [-0.15, -0.1) is 0 Å². The quantitative estimate of drug-likeness (QED) is 0.861. The van der Waals surface area contributed by atoms with Crippen molar-refractivity contribution >= 4 is 5.91 Å². The van der Waals surface area contributed by atoms with Gasteiger partial charge in [0.05, 0.1) is 12.1 Å². The third-order valence-corrected chi connectivity index (χ3v) is 4.76. The fraction of sp³-hybridized carbons (Fsp3) is 0.714. The van der Waals surface area contributed by atoms with Crippen LogP contribution >= 0.6 is 0 Å². The molecule has 5 heteroatoms. The molecule has 1 aromatic rings. The molecular formula is C14H21N3O2. The Morgan fingerprint density at radius 1 is 1.47 bits per heavy atom. The monoisotopic (exact) mass is 263 g/mol. The minimum atomic E-state index is 0.205. The lowest BCUT2D eigenvalue weighted by atomic mass is 9.95. The standard InChI is InChI=1S/C14H21N3O2/c1-8-12(10(3)19-16-8)4-14(18)17-7-11-5-15-6-13(11)9(17)2/h9,11,13,15H,4-7H2,1-3H3. The van der Waals surface area contributed by atoms with Crippen LogP contribution in [0.25, 0.3) is 0 Å². The van der Waals surface area contributed by atoms with Gasteiger partial charge in [0, 0.05) is 31.2 Å². The van der Waals surface area contributed by atoms with Gasteiger partial charge in [-0.3, -0.25) is 4.79 Å². The summed E-state index contributed by atoms with van der Waals surface area (Å²) in [5, 5.41) is 7.33. The highest BCUT2D eigenvalue weighted by Crippen LogP contribution is 2.32. The van der Waals surface area contributed by atoms with E-state index >= 15 is 0 Å². The molecule has 1 aromatic heterocycles. The predicted octanol–water partition coefficient (Wildman–Crippen LogP) is 0.900. The molecule has 0 aliphatic carbocycles. The second-order valence-electron chi connectivity index (χ2n) is 5.85. The number of hydrogen-bond acceptors (Lipinski definition) is 4. The Morgan fingerprint density at radius 3 is 2.89 bits per heavy atom. The fourth-order valence-corrected chi connectivity index (χ4v) is 3.50. The normalized spacial score (nSPS) is 29.8. The number of aromatic nitrogens is 1. The highest BCUT2D eigenvalue weighted by molar-refractivity contribution is 5.80. The van der Waals surface area contributed by atoms with Crippen LogP contribution in [0.1, 0.15) is 23.9 Å². The van der Waals surface area contributed by atoms with Crippen molar-refractivity contribution in [1.82, 2.24) is 15.4 Å². The van der Waals surface area contributed by atoms with Gasteiger partial charge in [0.1, 0.15) is 5.76 Å². The van der Waals surface area contributed by atoms with E-state index in [0.717, 1.165) is 36.7 Å². The summed E-state index contributed by atoms with van der Waals surface area (Å²) in [6.07, 6.45) is 0.415. The van der Waals surface area contributed by atoms with Crippen LogP contribution in [0.15, 0.2) is 4.52 Å². The molecule has 0 saturated carbocycles. The summed E-state index contributed by atoms with van der Waals surface area (Å²) in [7, 11) is 0. The van der Waals surface area contributed by atoms with Crippen LogP contribution in [-0.2, 0) is 11.2 Å². The number of carbonyl (C=O) groups excluding carboxylic acids is 1. The largest absolute Gasteiger partial charge is 0.361 e. The van der Waals surface area contributed by atoms with Gasteiger partial charge in [-0.25, -0.2) is 0 Å². The lowest BCUT2D eigenvalue weighted by Gasteiger charge is -2.24. The Bertz CT molecular complexity index is 477. The molecule has 2 saturated heterocycles. The molecule has 0 aromatic carbocycles. The van der Waals surface area contributed by atoms with Gasteiger partial charge in [0.25, 0.3) is 0 Å². The molecule has 104 valence electrons. The Labute approximate surface area is 113 Å². The first-order valence-corrected chi connectivity index (χ1v) is 7.00. The van der Waals surface area contributed by atoms with E-state index in [1.54, 1.807) is 0 Å². The van der Waals surface area contributed by atoms with Gasteiger partial charge >= 0.3 is 0 Å². The molecule has 1 N–H and O–H groups in total. The van der Waals surface area contributed by atoms with Crippen molar-refractivity contribution in [3.05, 3.63) is 17.0 Å². The number of amides is 1. The summed E-state index contributed by atoms with van der Waals surface area (Å²) in [5.41, 5.74) is 1.78. The molecule has 0 spiro atoms. The number of aryl methyl sites for hydroxylation is 2. The van der Waals surface area contributed by atoms with Crippen molar-refractivity contribution in [3.63, 3.8) is 0 Å². The van der Waals surface area contributed by atoms with E-state index in [2.05, 4.69) is 17.4 Å². The molecular weight excluding hydrogens is 242 g/mol. The molecule has 2 aliphatic heterocycles. The number of nitrogens with one attached hydrogen (secondary N) is 1. The molecule has 0 bridgehead atoms. The maximum Gasteiger partial charge on any atom is 0.227 e. The van der Waals surface area contributed by atoms with Gasteiger partial charge in [-0.05, 0) is 32.6 Å². The van der Waals surface area contributed by atoms with Crippen LogP contribution < -0.4 is 5.32 Å². The number of nitrogens with zero attached hydrogens (tertiary/aromatic N) is 2. The summed E-state index contributed by atoms with van der Waals surface area (Å²) in [6.45, 7) is 8.91. The molecule has 3 heterocycles. The van der Waals surface area contributed by atoms with Crippen LogP contribution in [-0.4, -0.2) is 41.6 Å². The summed E-state index contributed by atoms with van der Waals surface area (Å²) >= 11 is 0. The zero-order valence-electron chi connectivity index (χ0n) is 11.8. The van der Waals surface area contributed by atoms with Crippen molar-refractivity contribution in [2.45, 2.75) is 33.2 Å². The van der Waals surface area contributed by atoms with Crippen LogP contribution in [0, 0.1) is 25.7 Å². The van der Waals surface area contributed by atoms with Crippen molar-refractivity contribution in [2.75, 3.05) is 19.6 Å². The average Bonchev–Trinajstić information content (AvgIpc) is 3.03. The lowest BCUT2D eigenvalue weighted by Crippen LogP contribution is -2.39. The van der Waals surface area contributed by atoms with E-state index in [4.69, 9.17) is 4.52 Å². The van der Waals surface area contributed by atoms with Crippen LogP contribution in [0.5, 0.6) is 0 Å². The van der Waals surface area contributed by atoms with Gasteiger partial charge in [0.2, 0.25) is 5.91 Å². The van der Waals surface area contributed by atoms with Crippen LogP contribution in [0.4, 0.5) is 0 Å². The third-order valence-electron chi connectivity index (χ3n) is 4.76. The third kappa shape index (κ3) is 2.06. The Kier molecular flexibility index (Phi) is 3.09. The summed E-state index contributed by atoms with van der Waals surface area (Å²) < 4.78 is 5.13. The first-order valence-electron chi connectivity index (χ1n) is 7.00. The molecule has 3 rings (SSSR count). The minimum Gasteiger partial charge on any atom is -0.361 e. The number of hydrogen-bond donors (Lipinski definition) is 1. The Balaban J connectivity index is 1.72. The van der Waals surface area contributed by atoms with E-state index in [0.29, 0.717) is 24.3 Å². The zero-order chi connectivity index (χ0) is 13.6. The minimum absolute atomic E-state index is 0.205. The van der Waals surface area contributed by atoms with E-state index in [-0.39, 0.29) is 5.91 Å². The van der Waals surface area contributed by atoms with Crippen molar-refractivity contribution in [2.24, 2.45) is 11.8 Å². The number of likely N-dealkylation sites (tertiary alicyclic amines) is 1. The molecule has 3 unspecified atom stereocenters. The topological polar surface area (TPSA) is 58.4 Å². The molecule has 2 fully saturated rings. The smallest absolute Gasteiger partial charge is 0.227 e. The summed E-state index contributed by atoms with van der Waals surface area (Å²) in [6, 6.07) is 0.341. The molecule has 5 nitrogen and oxygen atoms in total. The van der Waals surface area contributed by atoms with Crippen LogP contribution in [0.3, 0.4) is 0 Å². The van der Waals surface area contributed by atoms with E-state index in [1.165, 1.54) is 0 Å². The second-order valence-corrected chi connectivity index (χ2v) is 5.85.